The highest BCUT2D eigenvalue weighted by atomic mass is 32.1. The summed E-state index contributed by atoms with van der Waals surface area (Å²) >= 11 is 4.80. The van der Waals surface area contributed by atoms with E-state index < -0.39 is 11.7 Å². The number of nitrogens with zero attached hydrogens (tertiary/aromatic N) is 1. The lowest BCUT2D eigenvalue weighted by molar-refractivity contribution is -0.137. The summed E-state index contributed by atoms with van der Waals surface area (Å²) in [5.41, 5.74) is 5.19. The van der Waals surface area contributed by atoms with E-state index in [0.717, 1.165) is 12.1 Å². The molecule has 7 heteroatoms. The van der Waals surface area contributed by atoms with E-state index in [2.05, 4.69) is 4.98 Å². The minimum atomic E-state index is -4.42. The van der Waals surface area contributed by atoms with Gasteiger partial charge in [-0.2, -0.15) is 13.2 Å². The molecule has 0 aliphatic carbocycles. The highest BCUT2D eigenvalue weighted by molar-refractivity contribution is 7.80. The Bertz CT molecular complexity index is 644. The SMILES string of the molecule is NC(=S)c1ccnc(Oc2cccc(C(F)(F)F)c2)c1. The molecule has 1 heterocycles. The van der Waals surface area contributed by atoms with Gasteiger partial charge in [-0.1, -0.05) is 18.3 Å². The number of thiocarbonyl (C=S) groups is 1. The number of ether oxygens (including phenoxy) is 1. The van der Waals surface area contributed by atoms with Crippen molar-refractivity contribution >= 4 is 17.2 Å². The summed E-state index contributed by atoms with van der Waals surface area (Å²) in [6.07, 6.45) is -3.01. The Balaban J connectivity index is 2.26. The Kier molecular flexibility index (Phi) is 3.89. The zero-order valence-electron chi connectivity index (χ0n) is 10.0. The van der Waals surface area contributed by atoms with Crippen molar-refractivity contribution in [3.8, 4) is 11.6 Å². The van der Waals surface area contributed by atoms with Crippen LogP contribution >= 0.6 is 12.2 Å². The van der Waals surface area contributed by atoms with Gasteiger partial charge in [-0.05, 0) is 24.3 Å². The van der Waals surface area contributed by atoms with Gasteiger partial charge in [0, 0.05) is 17.8 Å². The normalized spacial score (nSPS) is 11.2. The van der Waals surface area contributed by atoms with Crippen molar-refractivity contribution in [3.05, 3.63) is 53.7 Å². The number of halogens is 3. The van der Waals surface area contributed by atoms with E-state index in [1.165, 1.54) is 24.4 Å². The van der Waals surface area contributed by atoms with Crippen LogP contribution in [0.25, 0.3) is 0 Å². The smallest absolute Gasteiger partial charge is 0.416 e. The average molecular weight is 298 g/mol. The molecule has 0 radical (unpaired) electrons. The molecule has 0 amide bonds. The first kappa shape index (κ1) is 14.3. The van der Waals surface area contributed by atoms with Crippen LogP contribution in [0.1, 0.15) is 11.1 Å². The molecule has 0 bridgehead atoms. The number of nitrogens with two attached hydrogens (primary N) is 1. The molecule has 2 rings (SSSR count). The van der Waals surface area contributed by atoms with Crippen molar-refractivity contribution < 1.29 is 17.9 Å². The number of pyridine rings is 1. The Hall–Kier alpha value is -2.15. The third-order valence-corrected chi connectivity index (χ3v) is 2.64. The Morgan fingerprint density at radius 1 is 1.20 bits per heavy atom. The van der Waals surface area contributed by atoms with E-state index in [1.54, 1.807) is 6.07 Å². The lowest BCUT2D eigenvalue weighted by Crippen LogP contribution is -2.09. The summed E-state index contributed by atoms with van der Waals surface area (Å²) in [5, 5.41) is 0. The first-order valence-corrected chi connectivity index (χ1v) is 5.88. The van der Waals surface area contributed by atoms with Crippen LogP contribution in [0.3, 0.4) is 0 Å². The molecule has 0 aliphatic heterocycles. The van der Waals surface area contributed by atoms with Gasteiger partial charge in [-0.15, -0.1) is 0 Å². The van der Waals surface area contributed by atoms with Crippen molar-refractivity contribution in [1.82, 2.24) is 4.98 Å². The Morgan fingerprint density at radius 3 is 2.60 bits per heavy atom. The number of alkyl halides is 3. The van der Waals surface area contributed by atoms with Crippen LogP contribution in [0, 0.1) is 0 Å². The van der Waals surface area contributed by atoms with Crippen LogP contribution in [0.15, 0.2) is 42.6 Å². The molecule has 3 nitrogen and oxygen atoms in total. The van der Waals surface area contributed by atoms with Gasteiger partial charge in [-0.3, -0.25) is 0 Å². The van der Waals surface area contributed by atoms with Crippen LogP contribution in [-0.2, 0) is 6.18 Å². The topological polar surface area (TPSA) is 48.1 Å². The van der Waals surface area contributed by atoms with Gasteiger partial charge < -0.3 is 10.5 Å². The molecule has 0 spiro atoms. The molecule has 0 fully saturated rings. The minimum Gasteiger partial charge on any atom is -0.439 e. The molecular formula is C13H9F3N2OS. The maximum atomic E-state index is 12.6. The molecular weight excluding hydrogens is 289 g/mol. The number of benzene rings is 1. The van der Waals surface area contributed by atoms with Crippen LogP contribution in [-0.4, -0.2) is 9.97 Å². The molecule has 0 aliphatic rings. The lowest BCUT2D eigenvalue weighted by Gasteiger charge is -2.09. The van der Waals surface area contributed by atoms with Crippen LogP contribution < -0.4 is 10.5 Å². The van der Waals surface area contributed by atoms with Crippen molar-refractivity contribution in [2.75, 3.05) is 0 Å². The zero-order valence-corrected chi connectivity index (χ0v) is 10.8. The van der Waals surface area contributed by atoms with Gasteiger partial charge in [0.1, 0.15) is 10.7 Å². The van der Waals surface area contributed by atoms with Crippen molar-refractivity contribution in [1.29, 1.82) is 0 Å². The third kappa shape index (κ3) is 3.45. The molecule has 0 saturated heterocycles. The van der Waals surface area contributed by atoms with Gasteiger partial charge in [0.25, 0.3) is 0 Å². The van der Waals surface area contributed by atoms with Gasteiger partial charge in [0.15, 0.2) is 0 Å². The van der Waals surface area contributed by atoms with E-state index in [9.17, 15) is 13.2 Å². The fourth-order valence-corrected chi connectivity index (χ4v) is 1.60. The summed E-state index contributed by atoms with van der Waals surface area (Å²) in [4.78, 5) is 4.04. The molecule has 0 saturated carbocycles. The van der Waals surface area contributed by atoms with E-state index in [0.29, 0.717) is 5.56 Å². The fraction of sp³-hybridized carbons (Fsp3) is 0.0769. The number of aromatic nitrogens is 1. The van der Waals surface area contributed by atoms with Gasteiger partial charge >= 0.3 is 6.18 Å². The molecule has 1 aromatic heterocycles. The maximum Gasteiger partial charge on any atom is 0.416 e. The molecule has 0 atom stereocenters. The first-order chi connectivity index (χ1) is 9.36. The quantitative estimate of drug-likeness (QED) is 0.881. The highest BCUT2D eigenvalue weighted by Gasteiger charge is 2.30. The minimum absolute atomic E-state index is 0.0346. The van der Waals surface area contributed by atoms with Gasteiger partial charge in [-0.25, -0.2) is 4.98 Å². The lowest BCUT2D eigenvalue weighted by atomic mass is 10.2. The van der Waals surface area contributed by atoms with E-state index in [4.69, 9.17) is 22.7 Å². The Morgan fingerprint density at radius 2 is 1.95 bits per heavy atom. The summed E-state index contributed by atoms with van der Waals surface area (Å²) in [7, 11) is 0. The third-order valence-electron chi connectivity index (χ3n) is 2.40. The van der Waals surface area contributed by atoms with Gasteiger partial charge in [0.05, 0.1) is 5.56 Å². The van der Waals surface area contributed by atoms with Crippen molar-refractivity contribution in [2.24, 2.45) is 5.73 Å². The highest BCUT2D eigenvalue weighted by Crippen LogP contribution is 2.32. The number of hydrogen-bond acceptors (Lipinski definition) is 3. The predicted octanol–water partition coefficient (Wildman–Crippen LogP) is 3.53. The molecule has 1 aromatic carbocycles. The molecule has 2 aromatic rings. The summed E-state index contributed by atoms with van der Waals surface area (Å²) < 4.78 is 43.0. The van der Waals surface area contributed by atoms with Crippen LogP contribution in [0.4, 0.5) is 13.2 Å². The zero-order chi connectivity index (χ0) is 14.8. The van der Waals surface area contributed by atoms with Crippen molar-refractivity contribution in [3.63, 3.8) is 0 Å². The largest absolute Gasteiger partial charge is 0.439 e. The molecule has 2 N–H and O–H groups in total. The maximum absolute atomic E-state index is 12.6. The summed E-state index contributed by atoms with van der Waals surface area (Å²) in [6, 6.07) is 7.57. The fourth-order valence-electron chi connectivity index (χ4n) is 1.48. The molecule has 0 unspecified atom stereocenters. The number of hydrogen-bond donors (Lipinski definition) is 1. The Labute approximate surface area is 118 Å². The number of rotatable bonds is 3. The van der Waals surface area contributed by atoms with Gasteiger partial charge in [0.2, 0.25) is 5.88 Å². The predicted molar refractivity (Wildman–Crippen MR) is 71.6 cm³/mol. The van der Waals surface area contributed by atoms with Crippen molar-refractivity contribution in [2.45, 2.75) is 6.18 Å². The average Bonchev–Trinajstić information content (AvgIpc) is 2.38. The standard InChI is InChI=1S/C13H9F3N2OS/c14-13(15,16)9-2-1-3-10(7-9)19-11-6-8(12(17)20)4-5-18-11/h1-7H,(H2,17,20). The molecule has 20 heavy (non-hydrogen) atoms. The summed E-state index contributed by atoms with van der Waals surface area (Å²) in [6.45, 7) is 0. The van der Waals surface area contributed by atoms with E-state index in [-0.39, 0.29) is 16.6 Å². The van der Waals surface area contributed by atoms with Crippen LogP contribution in [0.5, 0.6) is 11.6 Å². The van der Waals surface area contributed by atoms with E-state index >= 15 is 0 Å². The molecule has 104 valence electrons. The summed E-state index contributed by atoms with van der Waals surface area (Å²) in [5.74, 6) is 0.155. The second-order valence-corrected chi connectivity index (χ2v) is 4.31. The van der Waals surface area contributed by atoms with Crippen LogP contribution in [0.2, 0.25) is 0 Å². The monoisotopic (exact) mass is 298 g/mol. The van der Waals surface area contributed by atoms with E-state index in [1.807, 2.05) is 0 Å². The second kappa shape index (κ2) is 5.46. The second-order valence-electron chi connectivity index (χ2n) is 3.87. The first-order valence-electron chi connectivity index (χ1n) is 5.47.